The lowest BCUT2D eigenvalue weighted by molar-refractivity contribution is 0.0392. The molecule has 3 heteroatoms. The molecule has 2 aromatic carbocycles. The van der Waals surface area contributed by atoms with Crippen molar-refractivity contribution in [2.45, 2.75) is 0 Å². The summed E-state index contributed by atoms with van der Waals surface area (Å²) in [5.41, 5.74) is 0.949. The van der Waals surface area contributed by atoms with Gasteiger partial charge in [-0.1, -0.05) is 36.4 Å². The zero-order valence-corrected chi connectivity index (χ0v) is 9.87. The molecule has 18 heavy (non-hydrogen) atoms. The highest BCUT2D eigenvalue weighted by molar-refractivity contribution is 6.09. The van der Waals surface area contributed by atoms with Gasteiger partial charge in [-0.05, 0) is 17.5 Å². The lowest BCUT2D eigenvalue weighted by Crippen LogP contribution is -2.21. The first kappa shape index (κ1) is 10.00. The number of para-hydroxylation sites is 1. The second-order valence-electron chi connectivity index (χ2n) is 4.87. The van der Waals surface area contributed by atoms with Gasteiger partial charge >= 0.3 is 0 Å². The van der Waals surface area contributed by atoms with Crippen LogP contribution in [0.3, 0.4) is 0 Å². The quantitative estimate of drug-likeness (QED) is 0.401. The van der Waals surface area contributed by atoms with Crippen LogP contribution in [0, 0.1) is 0 Å². The van der Waals surface area contributed by atoms with Gasteiger partial charge in [0.2, 0.25) is 0 Å². The van der Waals surface area contributed by atoms with Gasteiger partial charge in [-0.3, -0.25) is 0 Å². The molecule has 88 valence electrons. The van der Waals surface area contributed by atoms with E-state index in [1.165, 1.54) is 0 Å². The second-order valence-corrected chi connectivity index (χ2v) is 4.87. The van der Waals surface area contributed by atoms with Gasteiger partial charge in [0.1, 0.15) is 0 Å². The van der Waals surface area contributed by atoms with Crippen molar-refractivity contribution in [2.24, 2.45) is 0 Å². The molecular weight excluding hydrogens is 224 g/mol. The number of fused-ring (bicyclic) bond motifs is 3. The normalized spacial score (nSPS) is 17.2. The Morgan fingerprint density at radius 1 is 0.833 bits per heavy atom. The number of rotatable bonds is 1. The Kier molecular flexibility index (Phi) is 1.82. The molecule has 0 aliphatic carbocycles. The van der Waals surface area contributed by atoms with Gasteiger partial charge in [0.25, 0.3) is 5.82 Å². The Morgan fingerprint density at radius 2 is 1.44 bits per heavy atom. The van der Waals surface area contributed by atoms with Gasteiger partial charge in [0.15, 0.2) is 13.1 Å². The highest BCUT2D eigenvalue weighted by atomic mass is 16.6. The van der Waals surface area contributed by atoms with Gasteiger partial charge in [-0.2, -0.15) is 4.98 Å². The van der Waals surface area contributed by atoms with Crippen LogP contribution in [-0.4, -0.2) is 23.3 Å². The third kappa shape index (κ3) is 1.29. The molecule has 0 unspecified atom stereocenters. The van der Waals surface area contributed by atoms with Crippen molar-refractivity contribution in [3.8, 4) is 0 Å². The summed E-state index contributed by atoms with van der Waals surface area (Å²) in [6.07, 6.45) is 0. The number of hydroxylamine groups is 2. The molecule has 0 saturated carbocycles. The van der Waals surface area contributed by atoms with Gasteiger partial charge in [0, 0.05) is 5.39 Å². The molecule has 0 spiro atoms. The third-order valence-electron chi connectivity index (χ3n) is 3.63. The van der Waals surface area contributed by atoms with Crippen LogP contribution in [0.25, 0.3) is 21.7 Å². The molecule has 0 radical (unpaired) electrons. The van der Waals surface area contributed by atoms with Crippen LogP contribution in [0.1, 0.15) is 0 Å². The standard InChI is InChI=1S/C15H13N2O/c18-17(9-10-17)15-13-7-2-1-5-11(13)12-6-3-4-8-14(12)16-15/h1-8,18H,9-10H2/q+1. The summed E-state index contributed by atoms with van der Waals surface area (Å²) >= 11 is 0. The molecule has 0 bridgehead atoms. The highest BCUT2D eigenvalue weighted by Gasteiger charge is 2.47. The summed E-state index contributed by atoms with van der Waals surface area (Å²) in [7, 11) is 0. The molecule has 0 amide bonds. The van der Waals surface area contributed by atoms with Gasteiger partial charge in [-0.25, -0.2) is 5.21 Å². The molecule has 1 saturated heterocycles. The summed E-state index contributed by atoms with van der Waals surface area (Å²) in [6.45, 7) is 1.52. The van der Waals surface area contributed by atoms with Gasteiger partial charge < -0.3 is 0 Å². The van der Waals surface area contributed by atoms with E-state index in [0.29, 0.717) is 0 Å². The Bertz CT molecular complexity index is 763. The van der Waals surface area contributed by atoms with Crippen molar-refractivity contribution < 1.29 is 5.21 Å². The number of pyridine rings is 1. The summed E-state index contributed by atoms with van der Waals surface area (Å²) in [5, 5.41) is 13.7. The molecule has 1 aliphatic rings. The van der Waals surface area contributed by atoms with Crippen molar-refractivity contribution in [1.29, 1.82) is 0 Å². The zero-order valence-electron chi connectivity index (χ0n) is 9.87. The fourth-order valence-electron chi connectivity index (χ4n) is 2.51. The number of hydrogen-bond donors (Lipinski definition) is 1. The predicted octanol–water partition coefficient (Wildman–Crippen LogP) is 3.10. The molecule has 1 fully saturated rings. The summed E-state index contributed by atoms with van der Waals surface area (Å²) in [5.74, 6) is 0.782. The molecule has 4 rings (SSSR count). The molecule has 1 aliphatic heterocycles. The van der Waals surface area contributed by atoms with Crippen molar-refractivity contribution in [2.75, 3.05) is 13.1 Å². The zero-order chi connectivity index (χ0) is 12.2. The van der Waals surface area contributed by atoms with Crippen LogP contribution in [0.5, 0.6) is 0 Å². The van der Waals surface area contributed by atoms with Gasteiger partial charge in [-0.15, -0.1) is 4.65 Å². The van der Waals surface area contributed by atoms with Crippen LogP contribution < -0.4 is 4.65 Å². The van der Waals surface area contributed by atoms with E-state index < -0.39 is 0 Å². The maximum Gasteiger partial charge on any atom is 0.269 e. The smallest absolute Gasteiger partial charge is 0.210 e. The fraction of sp³-hybridized carbons (Fsp3) is 0.133. The second kappa shape index (κ2) is 3.28. The largest absolute Gasteiger partial charge is 0.269 e. The average molecular weight is 237 g/mol. The molecule has 1 aromatic heterocycles. The van der Waals surface area contributed by atoms with E-state index in [1.54, 1.807) is 0 Å². The summed E-state index contributed by atoms with van der Waals surface area (Å²) in [4.78, 5) is 4.66. The number of hydrogen-bond acceptors (Lipinski definition) is 2. The minimum atomic E-state index is -0.0225. The van der Waals surface area contributed by atoms with Crippen LogP contribution in [0.4, 0.5) is 5.82 Å². The van der Waals surface area contributed by atoms with Crippen molar-refractivity contribution in [3.63, 3.8) is 0 Å². The van der Waals surface area contributed by atoms with E-state index in [0.717, 1.165) is 40.6 Å². The molecular formula is C15H13N2O+. The topological polar surface area (TPSA) is 33.1 Å². The average Bonchev–Trinajstić information content (AvgIpc) is 3.17. The van der Waals surface area contributed by atoms with E-state index in [4.69, 9.17) is 0 Å². The lowest BCUT2D eigenvalue weighted by atomic mass is 10.1. The Hall–Kier alpha value is -1.97. The molecule has 0 atom stereocenters. The summed E-state index contributed by atoms with van der Waals surface area (Å²) < 4.78 is -0.0225. The monoisotopic (exact) mass is 237 g/mol. The van der Waals surface area contributed by atoms with Crippen molar-refractivity contribution in [1.82, 2.24) is 9.63 Å². The highest BCUT2D eigenvalue weighted by Crippen LogP contribution is 2.37. The maximum absolute atomic E-state index is 10.3. The van der Waals surface area contributed by atoms with Crippen molar-refractivity contribution in [3.05, 3.63) is 48.5 Å². The van der Waals surface area contributed by atoms with E-state index in [9.17, 15) is 5.21 Å². The number of aromatic nitrogens is 1. The van der Waals surface area contributed by atoms with Gasteiger partial charge in [0.05, 0.1) is 10.9 Å². The molecule has 3 aromatic rings. The first-order chi connectivity index (χ1) is 8.78. The number of nitrogens with zero attached hydrogens (tertiary/aromatic N) is 2. The van der Waals surface area contributed by atoms with Crippen LogP contribution in [0.2, 0.25) is 0 Å². The SMILES string of the molecule is O[N+]1(c2nc3ccccc3c3ccccc23)CC1. The lowest BCUT2D eigenvalue weighted by Gasteiger charge is -2.11. The summed E-state index contributed by atoms with van der Waals surface area (Å²) in [6, 6.07) is 16.3. The minimum absolute atomic E-state index is 0.0225. The predicted molar refractivity (Wildman–Crippen MR) is 72.6 cm³/mol. The number of quaternary nitrogens is 1. The molecule has 3 nitrogen and oxygen atoms in total. The van der Waals surface area contributed by atoms with E-state index in [2.05, 4.69) is 17.1 Å². The minimum Gasteiger partial charge on any atom is -0.210 e. The van der Waals surface area contributed by atoms with Crippen LogP contribution in [0.15, 0.2) is 48.5 Å². The molecule has 1 N–H and O–H groups in total. The van der Waals surface area contributed by atoms with Crippen LogP contribution >= 0.6 is 0 Å². The fourth-order valence-corrected chi connectivity index (χ4v) is 2.51. The molecule has 2 heterocycles. The maximum atomic E-state index is 10.3. The Morgan fingerprint density at radius 3 is 2.17 bits per heavy atom. The van der Waals surface area contributed by atoms with E-state index in [1.807, 2.05) is 36.4 Å². The Balaban J connectivity index is 2.22. The first-order valence-electron chi connectivity index (χ1n) is 6.16. The van der Waals surface area contributed by atoms with Crippen LogP contribution in [-0.2, 0) is 0 Å². The Labute approximate surface area is 104 Å². The first-order valence-corrected chi connectivity index (χ1v) is 6.16. The third-order valence-corrected chi connectivity index (χ3v) is 3.63. The van der Waals surface area contributed by atoms with Crippen molar-refractivity contribution >= 4 is 27.5 Å². The number of benzene rings is 2. The van der Waals surface area contributed by atoms with E-state index >= 15 is 0 Å². The van der Waals surface area contributed by atoms with E-state index in [-0.39, 0.29) is 4.65 Å².